The van der Waals surface area contributed by atoms with Crippen molar-refractivity contribution in [3.63, 3.8) is 0 Å². The summed E-state index contributed by atoms with van der Waals surface area (Å²) in [6, 6.07) is 1.94. The molecule has 0 fully saturated rings. The average Bonchev–Trinajstić information content (AvgIpc) is 2.29. The Morgan fingerprint density at radius 1 is 1.47 bits per heavy atom. The first-order valence-corrected chi connectivity index (χ1v) is 5.69. The topological polar surface area (TPSA) is 87.6 Å². The van der Waals surface area contributed by atoms with Gasteiger partial charge in [0, 0.05) is 12.1 Å². The Balaban J connectivity index is 2.76. The summed E-state index contributed by atoms with van der Waals surface area (Å²) in [5.41, 5.74) is 5.91. The van der Waals surface area contributed by atoms with Crippen LogP contribution < -0.4 is 11.1 Å². The maximum absolute atomic E-state index is 8.63. The SMILES string of the molecule is CC(C)CC(C)(CN)Nc1cnc(C#N)cn1. The summed E-state index contributed by atoms with van der Waals surface area (Å²) in [6.07, 6.45) is 3.96. The molecule has 0 aliphatic carbocycles. The summed E-state index contributed by atoms with van der Waals surface area (Å²) in [5, 5.41) is 11.9. The van der Waals surface area contributed by atoms with Gasteiger partial charge in [0.1, 0.15) is 11.9 Å². The lowest BCUT2D eigenvalue weighted by atomic mass is 9.91. The van der Waals surface area contributed by atoms with E-state index < -0.39 is 0 Å². The van der Waals surface area contributed by atoms with Crippen molar-refractivity contribution in [1.29, 1.82) is 5.26 Å². The number of rotatable bonds is 5. The van der Waals surface area contributed by atoms with Crippen LogP contribution in [0.4, 0.5) is 5.82 Å². The normalized spacial score (nSPS) is 14.1. The van der Waals surface area contributed by atoms with E-state index in [1.165, 1.54) is 6.20 Å². The summed E-state index contributed by atoms with van der Waals surface area (Å²) in [4.78, 5) is 8.11. The number of hydrogen-bond donors (Lipinski definition) is 2. The number of aromatic nitrogens is 2. The zero-order valence-electron chi connectivity index (χ0n) is 10.6. The van der Waals surface area contributed by atoms with Gasteiger partial charge in [-0.1, -0.05) is 13.8 Å². The lowest BCUT2D eigenvalue weighted by Crippen LogP contribution is -2.43. The van der Waals surface area contributed by atoms with E-state index in [-0.39, 0.29) is 5.54 Å². The van der Waals surface area contributed by atoms with Crippen LogP contribution in [0.3, 0.4) is 0 Å². The maximum atomic E-state index is 8.63. The highest BCUT2D eigenvalue weighted by Crippen LogP contribution is 2.19. The third-order valence-corrected chi connectivity index (χ3v) is 2.51. The summed E-state index contributed by atoms with van der Waals surface area (Å²) in [7, 11) is 0. The molecule has 0 aliphatic rings. The van der Waals surface area contributed by atoms with Crippen LogP contribution in [0.1, 0.15) is 32.9 Å². The number of anilines is 1. The molecule has 0 bridgehead atoms. The maximum Gasteiger partial charge on any atom is 0.158 e. The van der Waals surface area contributed by atoms with E-state index >= 15 is 0 Å². The fourth-order valence-corrected chi connectivity index (χ4v) is 1.85. The smallest absolute Gasteiger partial charge is 0.158 e. The van der Waals surface area contributed by atoms with E-state index in [9.17, 15) is 0 Å². The minimum absolute atomic E-state index is 0.197. The molecule has 0 radical (unpaired) electrons. The molecule has 1 heterocycles. The lowest BCUT2D eigenvalue weighted by Gasteiger charge is -2.31. The fraction of sp³-hybridized carbons (Fsp3) is 0.583. The monoisotopic (exact) mass is 233 g/mol. The zero-order chi connectivity index (χ0) is 12.9. The molecule has 0 saturated carbocycles. The van der Waals surface area contributed by atoms with Crippen LogP contribution in [0.2, 0.25) is 0 Å². The molecule has 1 atom stereocenters. The molecule has 1 aromatic rings. The molecule has 3 N–H and O–H groups in total. The van der Waals surface area contributed by atoms with Gasteiger partial charge in [0.2, 0.25) is 0 Å². The van der Waals surface area contributed by atoms with Crippen molar-refractivity contribution in [2.45, 2.75) is 32.7 Å². The molecule has 1 unspecified atom stereocenters. The minimum atomic E-state index is -0.197. The van der Waals surface area contributed by atoms with Crippen LogP contribution >= 0.6 is 0 Å². The predicted molar refractivity (Wildman–Crippen MR) is 67.3 cm³/mol. The number of hydrogen-bond acceptors (Lipinski definition) is 5. The molecule has 17 heavy (non-hydrogen) atoms. The molecule has 0 aromatic carbocycles. The van der Waals surface area contributed by atoms with Crippen molar-refractivity contribution >= 4 is 5.82 Å². The first kappa shape index (κ1) is 13.4. The number of nitrogens with two attached hydrogens (primary N) is 1. The Morgan fingerprint density at radius 3 is 2.59 bits per heavy atom. The van der Waals surface area contributed by atoms with E-state index in [1.807, 2.05) is 6.07 Å². The molecule has 5 heteroatoms. The van der Waals surface area contributed by atoms with Crippen molar-refractivity contribution in [3.05, 3.63) is 18.1 Å². The van der Waals surface area contributed by atoms with Gasteiger partial charge in [0.05, 0.1) is 12.4 Å². The van der Waals surface area contributed by atoms with Crippen LogP contribution in [0.5, 0.6) is 0 Å². The van der Waals surface area contributed by atoms with E-state index in [1.54, 1.807) is 6.20 Å². The number of nitrogens with zero attached hydrogens (tertiary/aromatic N) is 3. The quantitative estimate of drug-likeness (QED) is 0.805. The van der Waals surface area contributed by atoms with Gasteiger partial charge >= 0.3 is 0 Å². The first-order chi connectivity index (χ1) is 7.99. The molecule has 0 spiro atoms. The Hall–Kier alpha value is -1.67. The molecule has 0 aliphatic heterocycles. The predicted octanol–water partition coefficient (Wildman–Crippen LogP) is 1.52. The van der Waals surface area contributed by atoms with Crippen LogP contribution in [-0.2, 0) is 0 Å². The second-order valence-corrected chi connectivity index (χ2v) is 4.89. The van der Waals surface area contributed by atoms with Crippen molar-refractivity contribution in [3.8, 4) is 6.07 Å². The van der Waals surface area contributed by atoms with Crippen LogP contribution in [0.25, 0.3) is 0 Å². The third kappa shape index (κ3) is 4.00. The Morgan fingerprint density at radius 2 is 2.18 bits per heavy atom. The number of nitriles is 1. The van der Waals surface area contributed by atoms with Crippen LogP contribution in [-0.4, -0.2) is 22.1 Å². The molecule has 0 amide bonds. The van der Waals surface area contributed by atoms with Gasteiger partial charge in [0.25, 0.3) is 0 Å². The molecule has 1 aromatic heterocycles. The van der Waals surface area contributed by atoms with Crippen molar-refractivity contribution in [2.75, 3.05) is 11.9 Å². The molecule has 92 valence electrons. The second-order valence-electron chi connectivity index (χ2n) is 4.89. The van der Waals surface area contributed by atoms with Crippen LogP contribution in [0.15, 0.2) is 12.4 Å². The second kappa shape index (κ2) is 5.60. The van der Waals surface area contributed by atoms with Crippen molar-refractivity contribution in [1.82, 2.24) is 9.97 Å². The van der Waals surface area contributed by atoms with E-state index in [0.29, 0.717) is 24.0 Å². The largest absolute Gasteiger partial charge is 0.362 e. The van der Waals surface area contributed by atoms with E-state index in [4.69, 9.17) is 11.0 Å². The highest BCUT2D eigenvalue weighted by molar-refractivity contribution is 5.36. The van der Waals surface area contributed by atoms with E-state index in [2.05, 4.69) is 36.1 Å². The van der Waals surface area contributed by atoms with Gasteiger partial charge in [-0.3, -0.25) is 0 Å². The van der Waals surface area contributed by atoms with Crippen molar-refractivity contribution in [2.24, 2.45) is 11.7 Å². The van der Waals surface area contributed by atoms with E-state index in [0.717, 1.165) is 6.42 Å². The Kier molecular flexibility index (Phi) is 4.41. The first-order valence-electron chi connectivity index (χ1n) is 5.69. The van der Waals surface area contributed by atoms with Gasteiger partial charge in [-0.25, -0.2) is 9.97 Å². The lowest BCUT2D eigenvalue weighted by molar-refractivity contribution is 0.406. The number of nitrogens with one attached hydrogen (secondary N) is 1. The summed E-state index contributed by atoms with van der Waals surface area (Å²) >= 11 is 0. The van der Waals surface area contributed by atoms with Gasteiger partial charge < -0.3 is 11.1 Å². The minimum Gasteiger partial charge on any atom is -0.362 e. The standard InChI is InChI=1S/C12H19N5/c1-9(2)4-12(3,8-14)17-11-7-15-10(5-13)6-16-11/h6-7,9H,4,8,14H2,1-3H3,(H,16,17). The van der Waals surface area contributed by atoms with Gasteiger partial charge in [-0.2, -0.15) is 5.26 Å². The van der Waals surface area contributed by atoms with Gasteiger partial charge in [0.15, 0.2) is 5.69 Å². The van der Waals surface area contributed by atoms with Crippen LogP contribution in [0, 0.1) is 17.2 Å². The Bertz CT molecular complexity index is 392. The molecule has 1 rings (SSSR count). The average molecular weight is 233 g/mol. The van der Waals surface area contributed by atoms with Crippen molar-refractivity contribution < 1.29 is 0 Å². The Labute approximate surface area is 102 Å². The molecular weight excluding hydrogens is 214 g/mol. The summed E-state index contributed by atoms with van der Waals surface area (Å²) in [5.74, 6) is 1.19. The van der Waals surface area contributed by atoms with Gasteiger partial charge in [-0.05, 0) is 19.3 Å². The highest BCUT2D eigenvalue weighted by Gasteiger charge is 2.23. The highest BCUT2D eigenvalue weighted by atomic mass is 15.1. The molecule has 5 nitrogen and oxygen atoms in total. The summed E-state index contributed by atoms with van der Waals surface area (Å²) in [6.45, 7) is 6.89. The van der Waals surface area contributed by atoms with Gasteiger partial charge in [-0.15, -0.1) is 0 Å². The zero-order valence-corrected chi connectivity index (χ0v) is 10.6. The summed E-state index contributed by atoms with van der Waals surface area (Å²) < 4.78 is 0. The molecule has 0 saturated heterocycles. The molecular formula is C12H19N5. The fourth-order valence-electron chi connectivity index (χ4n) is 1.85. The third-order valence-electron chi connectivity index (χ3n) is 2.51.